The fourth-order valence-corrected chi connectivity index (χ4v) is 3.81. The highest BCUT2D eigenvalue weighted by molar-refractivity contribution is 7.80. The van der Waals surface area contributed by atoms with E-state index >= 15 is 0 Å². The van der Waals surface area contributed by atoms with Crippen LogP contribution in [-0.2, 0) is 0 Å². The summed E-state index contributed by atoms with van der Waals surface area (Å²) in [6.45, 7) is 4.08. The van der Waals surface area contributed by atoms with E-state index in [1.165, 1.54) is 4.70 Å². The van der Waals surface area contributed by atoms with Crippen molar-refractivity contribution in [2.75, 3.05) is 12.4 Å². The summed E-state index contributed by atoms with van der Waals surface area (Å²) in [4.78, 5) is 6.73. The predicted octanol–water partition coefficient (Wildman–Crippen LogP) is 5.65. The molecular weight excluding hydrogens is 358 g/mol. The number of hydrogen-bond acceptors (Lipinski definition) is 3. The van der Waals surface area contributed by atoms with Crippen LogP contribution in [0.4, 0.5) is 5.69 Å². The zero-order valence-electron chi connectivity index (χ0n) is 13.7. The van der Waals surface area contributed by atoms with Gasteiger partial charge in [-0.15, -0.1) is 11.3 Å². The zero-order valence-corrected chi connectivity index (χ0v) is 16.1. The lowest BCUT2D eigenvalue weighted by molar-refractivity contribution is 0.407. The minimum absolute atomic E-state index is 0.0864. The third-order valence-corrected chi connectivity index (χ3v) is 6.00. The van der Waals surface area contributed by atoms with Crippen LogP contribution in [0.1, 0.15) is 23.5 Å². The van der Waals surface area contributed by atoms with Crippen LogP contribution >= 0.6 is 35.2 Å². The van der Waals surface area contributed by atoms with Gasteiger partial charge in [-0.2, -0.15) is 0 Å². The minimum atomic E-state index is 0.0864. The Bertz CT molecular complexity index is 858. The van der Waals surface area contributed by atoms with Crippen LogP contribution in [0.25, 0.3) is 10.2 Å². The molecule has 1 atom stereocenters. The molecule has 0 fully saturated rings. The van der Waals surface area contributed by atoms with Gasteiger partial charge in [-0.05, 0) is 55.9 Å². The van der Waals surface area contributed by atoms with E-state index in [1.54, 1.807) is 11.3 Å². The van der Waals surface area contributed by atoms with Crippen LogP contribution in [0.2, 0.25) is 5.02 Å². The van der Waals surface area contributed by atoms with Crippen LogP contribution in [0.15, 0.2) is 42.5 Å². The average Bonchev–Trinajstić information content (AvgIpc) is 3.01. The molecule has 3 aromatic rings. The molecule has 3 rings (SSSR count). The van der Waals surface area contributed by atoms with Gasteiger partial charge < -0.3 is 10.2 Å². The van der Waals surface area contributed by atoms with Gasteiger partial charge in [0.2, 0.25) is 0 Å². The Morgan fingerprint density at radius 3 is 2.75 bits per heavy atom. The largest absolute Gasteiger partial charge is 0.343 e. The van der Waals surface area contributed by atoms with Crippen molar-refractivity contribution in [2.45, 2.75) is 19.9 Å². The topological polar surface area (TPSA) is 28.2 Å². The Morgan fingerprint density at radius 1 is 1.29 bits per heavy atom. The van der Waals surface area contributed by atoms with Crippen molar-refractivity contribution in [1.29, 1.82) is 0 Å². The molecule has 3 nitrogen and oxygen atoms in total. The fourth-order valence-electron chi connectivity index (χ4n) is 2.29. The van der Waals surface area contributed by atoms with Gasteiger partial charge in [0.05, 0.1) is 16.3 Å². The maximum Gasteiger partial charge on any atom is 0.173 e. The van der Waals surface area contributed by atoms with Crippen molar-refractivity contribution in [2.24, 2.45) is 0 Å². The summed E-state index contributed by atoms with van der Waals surface area (Å²) in [7, 11) is 1.97. The Morgan fingerprint density at radius 2 is 2.04 bits per heavy atom. The molecule has 0 saturated carbocycles. The van der Waals surface area contributed by atoms with Gasteiger partial charge in [-0.3, -0.25) is 0 Å². The Labute approximate surface area is 156 Å². The van der Waals surface area contributed by atoms with Crippen molar-refractivity contribution < 1.29 is 0 Å². The van der Waals surface area contributed by atoms with Crippen LogP contribution in [0.5, 0.6) is 0 Å². The molecule has 0 saturated heterocycles. The molecule has 6 heteroatoms. The van der Waals surface area contributed by atoms with E-state index in [9.17, 15) is 0 Å². The number of benzene rings is 2. The molecule has 0 aliphatic heterocycles. The second-order valence-corrected chi connectivity index (χ2v) is 7.56. The van der Waals surface area contributed by atoms with E-state index in [2.05, 4.69) is 18.3 Å². The number of aryl methyl sites for hydroxylation is 1. The number of nitrogens with one attached hydrogen (secondary N) is 1. The first kappa shape index (κ1) is 17.1. The highest BCUT2D eigenvalue weighted by Crippen LogP contribution is 2.29. The number of thiocarbonyl (C=S) groups is 1. The summed E-state index contributed by atoms with van der Waals surface area (Å²) in [6.07, 6.45) is 0. The van der Waals surface area contributed by atoms with E-state index < -0.39 is 0 Å². The molecule has 1 aromatic heterocycles. The predicted molar refractivity (Wildman–Crippen MR) is 108 cm³/mol. The molecule has 124 valence electrons. The Kier molecular flexibility index (Phi) is 5.04. The van der Waals surface area contributed by atoms with Gasteiger partial charge >= 0.3 is 0 Å². The summed E-state index contributed by atoms with van der Waals surface area (Å²) >= 11 is 13.4. The van der Waals surface area contributed by atoms with Gasteiger partial charge in [0.25, 0.3) is 0 Å². The normalized spacial score (nSPS) is 12.2. The smallest absolute Gasteiger partial charge is 0.173 e. The van der Waals surface area contributed by atoms with Gasteiger partial charge in [-0.25, -0.2) is 4.98 Å². The van der Waals surface area contributed by atoms with Crippen molar-refractivity contribution >= 4 is 56.2 Å². The summed E-state index contributed by atoms with van der Waals surface area (Å²) in [6, 6.07) is 14.1. The molecule has 0 aliphatic rings. The quantitative estimate of drug-likeness (QED) is 0.599. The Balaban J connectivity index is 1.75. The lowest BCUT2D eigenvalue weighted by Gasteiger charge is -2.26. The number of fused-ring (bicyclic) bond motifs is 1. The monoisotopic (exact) mass is 375 g/mol. The van der Waals surface area contributed by atoms with Gasteiger partial charge in [-0.1, -0.05) is 29.8 Å². The number of anilines is 1. The standard InChI is InChI=1S/C18H18ClN3S2/c1-11-8-9-13(10-14(11)19)20-18(23)22(3)12(2)17-21-15-6-4-5-7-16(15)24-17/h4-10,12H,1-3H3,(H,20,23)/t12-/m1/s1. The Hall–Kier alpha value is -1.69. The van der Waals surface area contributed by atoms with Crippen molar-refractivity contribution in [3.8, 4) is 0 Å². The maximum atomic E-state index is 6.18. The molecule has 0 radical (unpaired) electrons. The van der Waals surface area contributed by atoms with E-state index in [1.807, 2.05) is 55.3 Å². The number of para-hydroxylation sites is 1. The van der Waals surface area contributed by atoms with Gasteiger partial charge in [0, 0.05) is 17.8 Å². The second-order valence-electron chi connectivity index (χ2n) is 5.70. The van der Waals surface area contributed by atoms with E-state index in [-0.39, 0.29) is 6.04 Å². The SMILES string of the molecule is Cc1ccc(NC(=S)N(C)[C@H](C)c2nc3ccccc3s2)cc1Cl. The minimum Gasteiger partial charge on any atom is -0.343 e. The molecule has 0 unspecified atom stereocenters. The van der Waals surface area contributed by atoms with E-state index in [0.29, 0.717) is 5.11 Å². The molecule has 1 N–H and O–H groups in total. The number of halogens is 1. The molecule has 0 amide bonds. The first-order valence-corrected chi connectivity index (χ1v) is 9.21. The molecular formula is C18H18ClN3S2. The number of aromatic nitrogens is 1. The van der Waals surface area contributed by atoms with Gasteiger partial charge in [0.1, 0.15) is 5.01 Å². The molecule has 1 heterocycles. The lowest BCUT2D eigenvalue weighted by atomic mass is 10.2. The third-order valence-electron chi connectivity index (χ3n) is 3.99. The zero-order chi connectivity index (χ0) is 17.3. The molecule has 0 spiro atoms. The summed E-state index contributed by atoms with van der Waals surface area (Å²) in [5, 5.41) is 5.66. The van der Waals surface area contributed by atoms with Crippen LogP contribution in [0.3, 0.4) is 0 Å². The van der Waals surface area contributed by atoms with Crippen LogP contribution in [-0.4, -0.2) is 22.0 Å². The number of nitrogens with zero attached hydrogens (tertiary/aromatic N) is 2. The first-order chi connectivity index (χ1) is 11.5. The van der Waals surface area contributed by atoms with Crippen molar-refractivity contribution in [3.05, 3.63) is 58.1 Å². The fraction of sp³-hybridized carbons (Fsp3) is 0.222. The first-order valence-electron chi connectivity index (χ1n) is 7.61. The van der Waals surface area contributed by atoms with E-state index in [4.69, 9.17) is 28.8 Å². The maximum absolute atomic E-state index is 6.18. The van der Waals surface area contributed by atoms with Gasteiger partial charge in [0.15, 0.2) is 5.11 Å². The van der Waals surface area contributed by atoms with E-state index in [0.717, 1.165) is 26.8 Å². The summed E-state index contributed by atoms with van der Waals surface area (Å²) in [5.41, 5.74) is 2.96. The van der Waals surface area contributed by atoms with Crippen molar-refractivity contribution in [1.82, 2.24) is 9.88 Å². The molecule has 24 heavy (non-hydrogen) atoms. The van der Waals surface area contributed by atoms with Crippen molar-refractivity contribution in [3.63, 3.8) is 0 Å². The second kappa shape index (κ2) is 7.05. The highest BCUT2D eigenvalue weighted by atomic mass is 35.5. The third kappa shape index (κ3) is 3.53. The molecule has 2 aromatic carbocycles. The molecule has 0 aliphatic carbocycles. The number of thiazole rings is 1. The summed E-state index contributed by atoms with van der Waals surface area (Å²) in [5.74, 6) is 0. The highest BCUT2D eigenvalue weighted by Gasteiger charge is 2.18. The van der Waals surface area contributed by atoms with Crippen LogP contribution < -0.4 is 5.32 Å². The molecule has 0 bridgehead atoms. The number of hydrogen-bond donors (Lipinski definition) is 1. The van der Waals surface area contributed by atoms with Crippen LogP contribution in [0, 0.1) is 6.92 Å². The number of rotatable bonds is 3. The lowest BCUT2D eigenvalue weighted by Crippen LogP contribution is -2.33. The average molecular weight is 376 g/mol. The summed E-state index contributed by atoms with van der Waals surface area (Å²) < 4.78 is 1.19.